The number of fused-ring (bicyclic) bond motifs is 1. The normalized spacial score (nSPS) is 29.9. The van der Waals surface area contributed by atoms with Gasteiger partial charge in [0.15, 0.2) is 0 Å². The van der Waals surface area contributed by atoms with Crippen LogP contribution < -0.4 is 5.73 Å². The summed E-state index contributed by atoms with van der Waals surface area (Å²) in [6.07, 6.45) is 4.27. The lowest BCUT2D eigenvalue weighted by Gasteiger charge is -2.26. The summed E-state index contributed by atoms with van der Waals surface area (Å²) in [5.74, 6) is 1.01. The van der Waals surface area contributed by atoms with Gasteiger partial charge in [0.2, 0.25) is 0 Å². The molecule has 1 heterocycles. The number of piperidine rings is 1. The maximum absolute atomic E-state index is 5.79. The van der Waals surface area contributed by atoms with Gasteiger partial charge in [-0.05, 0) is 49.4 Å². The van der Waals surface area contributed by atoms with Crippen molar-refractivity contribution in [3.63, 3.8) is 0 Å². The molecule has 2 N–H and O–H groups in total. The molecule has 0 aromatic heterocycles. The molecule has 1 aliphatic carbocycles. The number of likely N-dealkylation sites (tertiary alicyclic amines) is 1. The van der Waals surface area contributed by atoms with Gasteiger partial charge in [-0.2, -0.15) is 0 Å². The van der Waals surface area contributed by atoms with Crippen LogP contribution in [0.2, 0.25) is 0 Å². The minimum Gasteiger partial charge on any atom is -0.399 e. The molecule has 1 saturated heterocycles. The molecule has 2 atom stereocenters. The molecule has 1 aliphatic heterocycles. The number of benzene rings is 1. The van der Waals surface area contributed by atoms with Crippen LogP contribution in [0.5, 0.6) is 0 Å². The Hall–Kier alpha value is -1.02. The summed E-state index contributed by atoms with van der Waals surface area (Å²) in [6.45, 7) is 2.36. The molecule has 2 nitrogen and oxygen atoms in total. The highest BCUT2D eigenvalue weighted by Crippen LogP contribution is 2.43. The largest absolute Gasteiger partial charge is 0.399 e. The van der Waals surface area contributed by atoms with E-state index in [0.29, 0.717) is 0 Å². The second-order valence-corrected chi connectivity index (χ2v) is 4.92. The van der Waals surface area contributed by atoms with Crippen LogP contribution in [0.1, 0.15) is 24.8 Å². The van der Waals surface area contributed by atoms with E-state index in [-0.39, 0.29) is 0 Å². The van der Waals surface area contributed by atoms with Gasteiger partial charge in [-0.15, -0.1) is 0 Å². The minimum absolute atomic E-state index is 0.886. The summed E-state index contributed by atoms with van der Waals surface area (Å²) in [6, 6.07) is 9.19. The Kier molecular flexibility index (Phi) is 2.17. The third-order valence-corrected chi connectivity index (χ3v) is 3.71. The van der Waals surface area contributed by atoms with Gasteiger partial charge in [-0.3, -0.25) is 4.90 Å². The van der Waals surface area contributed by atoms with Gasteiger partial charge in [0, 0.05) is 18.3 Å². The monoisotopic (exact) mass is 202 g/mol. The summed E-state index contributed by atoms with van der Waals surface area (Å²) >= 11 is 0. The SMILES string of the molecule is Nc1cccc(CN2CCCC3CC32)c1. The molecular weight excluding hydrogens is 184 g/mol. The maximum Gasteiger partial charge on any atom is 0.0317 e. The number of hydrogen-bond acceptors (Lipinski definition) is 2. The van der Waals surface area contributed by atoms with E-state index in [2.05, 4.69) is 23.1 Å². The molecule has 3 rings (SSSR count). The minimum atomic E-state index is 0.886. The predicted molar refractivity (Wildman–Crippen MR) is 62.4 cm³/mol. The zero-order chi connectivity index (χ0) is 10.3. The first-order valence-electron chi connectivity index (χ1n) is 5.91. The molecule has 1 aromatic rings. The van der Waals surface area contributed by atoms with Crippen molar-refractivity contribution >= 4 is 5.69 Å². The summed E-state index contributed by atoms with van der Waals surface area (Å²) in [4.78, 5) is 2.63. The van der Waals surface area contributed by atoms with E-state index in [9.17, 15) is 0 Å². The van der Waals surface area contributed by atoms with Crippen LogP contribution in [0.4, 0.5) is 5.69 Å². The molecule has 0 amide bonds. The third-order valence-electron chi connectivity index (χ3n) is 3.71. The van der Waals surface area contributed by atoms with Crippen LogP contribution in [-0.4, -0.2) is 17.5 Å². The first-order valence-corrected chi connectivity index (χ1v) is 5.91. The Labute approximate surface area is 91.1 Å². The average Bonchev–Trinajstić information content (AvgIpc) is 2.97. The van der Waals surface area contributed by atoms with Gasteiger partial charge in [0.05, 0.1) is 0 Å². The van der Waals surface area contributed by atoms with E-state index in [4.69, 9.17) is 5.73 Å². The number of anilines is 1. The van der Waals surface area contributed by atoms with E-state index in [0.717, 1.165) is 24.2 Å². The topological polar surface area (TPSA) is 29.3 Å². The fraction of sp³-hybridized carbons (Fsp3) is 0.538. The van der Waals surface area contributed by atoms with Crippen LogP contribution in [0.25, 0.3) is 0 Å². The lowest BCUT2D eigenvalue weighted by Crippen LogP contribution is -2.31. The summed E-state index contributed by atoms with van der Waals surface area (Å²) in [7, 11) is 0. The second kappa shape index (κ2) is 3.53. The lowest BCUT2D eigenvalue weighted by molar-refractivity contribution is 0.207. The summed E-state index contributed by atoms with van der Waals surface area (Å²) in [5.41, 5.74) is 8.04. The second-order valence-electron chi connectivity index (χ2n) is 4.92. The Morgan fingerprint density at radius 2 is 2.33 bits per heavy atom. The van der Waals surface area contributed by atoms with Gasteiger partial charge >= 0.3 is 0 Å². The molecule has 1 aromatic carbocycles. The zero-order valence-corrected chi connectivity index (χ0v) is 9.02. The quantitative estimate of drug-likeness (QED) is 0.745. The molecular formula is C13H18N2. The highest BCUT2D eigenvalue weighted by atomic mass is 15.2. The fourth-order valence-electron chi connectivity index (χ4n) is 2.83. The molecule has 0 radical (unpaired) electrons. The van der Waals surface area contributed by atoms with E-state index < -0.39 is 0 Å². The predicted octanol–water partition coefficient (Wildman–Crippen LogP) is 2.25. The molecule has 2 aliphatic rings. The van der Waals surface area contributed by atoms with Gasteiger partial charge in [-0.25, -0.2) is 0 Å². The first-order chi connectivity index (χ1) is 7.33. The number of hydrogen-bond donors (Lipinski definition) is 1. The average molecular weight is 202 g/mol. The van der Waals surface area contributed by atoms with Crippen LogP contribution in [0.15, 0.2) is 24.3 Å². The maximum atomic E-state index is 5.79. The fourth-order valence-corrected chi connectivity index (χ4v) is 2.83. The zero-order valence-electron chi connectivity index (χ0n) is 9.02. The van der Waals surface area contributed by atoms with E-state index in [1.54, 1.807) is 0 Å². The molecule has 80 valence electrons. The van der Waals surface area contributed by atoms with Gasteiger partial charge < -0.3 is 5.73 Å². The van der Waals surface area contributed by atoms with Gasteiger partial charge in [0.25, 0.3) is 0 Å². The number of rotatable bonds is 2. The van der Waals surface area contributed by atoms with Crippen molar-refractivity contribution in [2.45, 2.75) is 31.8 Å². The lowest BCUT2D eigenvalue weighted by atomic mass is 10.1. The van der Waals surface area contributed by atoms with Crippen LogP contribution >= 0.6 is 0 Å². The molecule has 2 heteroatoms. The highest BCUT2D eigenvalue weighted by molar-refractivity contribution is 5.40. The number of nitrogens with two attached hydrogens (primary N) is 1. The van der Waals surface area contributed by atoms with E-state index in [1.807, 2.05) is 6.07 Å². The number of nitrogen functional groups attached to an aromatic ring is 1. The molecule has 0 spiro atoms. The van der Waals surface area contributed by atoms with Crippen molar-refractivity contribution in [2.75, 3.05) is 12.3 Å². The van der Waals surface area contributed by atoms with Gasteiger partial charge in [0.1, 0.15) is 0 Å². The summed E-state index contributed by atoms with van der Waals surface area (Å²) < 4.78 is 0. The van der Waals surface area contributed by atoms with Crippen molar-refractivity contribution in [2.24, 2.45) is 5.92 Å². The molecule has 1 saturated carbocycles. The Bertz CT molecular complexity index is 361. The standard InChI is InChI=1S/C13H18N2/c14-12-5-1-3-10(7-12)9-15-6-2-4-11-8-13(11)15/h1,3,5,7,11,13H,2,4,6,8-9,14H2. The molecule has 15 heavy (non-hydrogen) atoms. The van der Waals surface area contributed by atoms with E-state index in [1.165, 1.54) is 31.4 Å². The van der Waals surface area contributed by atoms with Crippen LogP contribution in [0.3, 0.4) is 0 Å². The van der Waals surface area contributed by atoms with Crippen molar-refractivity contribution in [3.05, 3.63) is 29.8 Å². The smallest absolute Gasteiger partial charge is 0.0317 e. The Morgan fingerprint density at radius 1 is 1.40 bits per heavy atom. The molecule has 0 bridgehead atoms. The van der Waals surface area contributed by atoms with Crippen LogP contribution in [-0.2, 0) is 6.54 Å². The highest BCUT2D eigenvalue weighted by Gasteiger charge is 2.43. The van der Waals surface area contributed by atoms with E-state index >= 15 is 0 Å². The van der Waals surface area contributed by atoms with Crippen molar-refractivity contribution in [1.82, 2.24) is 4.90 Å². The molecule has 2 fully saturated rings. The first kappa shape index (κ1) is 9.22. The molecule has 2 unspecified atom stereocenters. The number of nitrogens with zero attached hydrogens (tertiary/aromatic N) is 1. The Balaban J connectivity index is 1.69. The third kappa shape index (κ3) is 1.86. The van der Waals surface area contributed by atoms with Crippen LogP contribution in [0, 0.1) is 5.92 Å². The van der Waals surface area contributed by atoms with Gasteiger partial charge in [-0.1, -0.05) is 12.1 Å². The summed E-state index contributed by atoms with van der Waals surface area (Å²) in [5, 5.41) is 0. The van der Waals surface area contributed by atoms with Crippen molar-refractivity contribution in [1.29, 1.82) is 0 Å². The Morgan fingerprint density at radius 3 is 3.20 bits per heavy atom. The van der Waals surface area contributed by atoms with Crippen molar-refractivity contribution in [3.8, 4) is 0 Å². The van der Waals surface area contributed by atoms with Crippen molar-refractivity contribution < 1.29 is 0 Å².